The molecule has 1 atom stereocenters. The van der Waals surface area contributed by atoms with Crippen molar-refractivity contribution in [1.82, 2.24) is 15.5 Å². The summed E-state index contributed by atoms with van der Waals surface area (Å²) in [6.45, 7) is 5.69. The van der Waals surface area contributed by atoms with Crippen LogP contribution in [0.3, 0.4) is 0 Å². The molecule has 132 valence electrons. The number of piperidine rings is 1. The van der Waals surface area contributed by atoms with Gasteiger partial charge in [0, 0.05) is 6.20 Å². The number of hydrazine groups is 1. The number of hydrogen-bond donors (Lipinski definition) is 2. The van der Waals surface area contributed by atoms with Crippen LogP contribution in [0.4, 0.5) is 0 Å². The third kappa shape index (κ3) is 3.56. The summed E-state index contributed by atoms with van der Waals surface area (Å²) >= 11 is 0. The maximum Gasteiger partial charge on any atom is 0.0556 e. The first-order valence-electron chi connectivity index (χ1n) is 9.39. The molecule has 1 unspecified atom stereocenters. The molecule has 4 nitrogen and oxygen atoms in total. The Kier molecular flexibility index (Phi) is 4.75. The maximum absolute atomic E-state index is 9.98. The summed E-state index contributed by atoms with van der Waals surface area (Å²) in [5, 5.41) is 13.7. The monoisotopic (exact) mass is 337 g/mol. The van der Waals surface area contributed by atoms with Crippen molar-refractivity contribution in [3.05, 3.63) is 59.8 Å². The molecule has 2 aromatic rings. The molecule has 0 amide bonds. The van der Waals surface area contributed by atoms with Crippen molar-refractivity contribution >= 4 is 10.8 Å². The van der Waals surface area contributed by atoms with Crippen LogP contribution < -0.4 is 5.43 Å². The predicted molar refractivity (Wildman–Crippen MR) is 101 cm³/mol. The normalized spacial score (nSPS) is 22.6. The lowest BCUT2D eigenvalue weighted by Crippen LogP contribution is -2.39. The molecule has 2 N–H and O–H groups in total. The first-order valence-corrected chi connectivity index (χ1v) is 9.39. The van der Waals surface area contributed by atoms with Gasteiger partial charge in [-0.3, -0.25) is 5.21 Å². The van der Waals surface area contributed by atoms with Crippen LogP contribution in [-0.2, 0) is 6.42 Å². The Bertz CT molecular complexity index is 765. The van der Waals surface area contributed by atoms with E-state index in [1.807, 2.05) is 6.20 Å². The van der Waals surface area contributed by atoms with Crippen molar-refractivity contribution in [2.75, 3.05) is 19.6 Å². The summed E-state index contributed by atoms with van der Waals surface area (Å²) in [5.41, 5.74) is 5.87. The topological polar surface area (TPSA) is 38.7 Å². The van der Waals surface area contributed by atoms with Crippen molar-refractivity contribution in [3.63, 3.8) is 0 Å². The first kappa shape index (κ1) is 16.6. The van der Waals surface area contributed by atoms with Crippen molar-refractivity contribution in [2.45, 2.75) is 32.2 Å². The molecule has 0 radical (unpaired) electrons. The van der Waals surface area contributed by atoms with Crippen LogP contribution in [0.25, 0.3) is 10.8 Å². The summed E-state index contributed by atoms with van der Waals surface area (Å²) in [6.07, 6.45) is 5.17. The molecule has 0 bridgehead atoms. The highest BCUT2D eigenvalue weighted by molar-refractivity contribution is 5.83. The van der Waals surface area contributed by atoms with Crippen LogP contribution in [0.2, 0.25) is 0 Å². The molecule has 2 aliphatic heterocycles. The molecule has 1 fully saturated rings. The number of fused-ring (bicyclic) bond motifs is 1. The van der Waals surface area contributed by atoms with E-state index in [0.29, 0.717) is 5.92 Å². The summed E-state index contributed by atoms with van der Waals surface area (Å²) in [4.78, 5) is 2.51. The first-order chi connectivity index (χ1) is 12.2. The number of likely N-dealkylation sites (tertiary alicyclic amines) is 1. The molecule has 4 rings (SSSR count). The molecule has 2 heterocycles. The molecule has 4 heteroatoms. The number of hydrogen-bond acceptors (Lipinski definition) is 4. The lowest BCUT2D eigenvalue weighted by molar-refractivity contribution is -0.0839. The van der Waals surface area contributed by atoms with E-state index in [9.17, 15) is 5.21 Å². The van der Waals surface area contributed by atoms with Crippen molar-refractivity contribution in [2.24, 2.45) is 5.92 Å². The number of benzene rings is 2. The van der Waals surface area contributed by atoms with Gasteiger partial charge in [-0.15, -0.1) is 0 Å². The van der Waals surface area contributed by atoms with E-state index in [1.165, 1.54) is 34.8 Å². The zero-order valence-electron chi connectivity index (χ0n) is 14.9. The number of nitrogens with zero attached hydrogens (tertiary/aromatic N) is 2. The summed E-state index contributed by atoms with van der Waals surface area (Å²) < 4.78 is 0. The van der Waals surface area contributed by atoms with E-state index in [2.05, 4.69) is 59.7 Å². The standard InChI is InChI=1S/C21H27N3O/c1-2-23-11-9-18(10-12-23)20-15-24(25)22-21(20)14-16-7-8-17-5-3-4-6-19(17)13-16/h3-8,13,15,18,21-22,25H,2,9-12,14H2,1H3. The van der Waals surface area contributed by atoms with Crippen molar-refractivity contribution < 1.29 is 5.21 Å². The molecule has 0 aromatic heterocycles. The van der Waals surface area contributed by atoms with Crippen LogP contribution in [0.15, 0.2) is 54.2 Å². The quantitative estimate of drug-likeness (QED) is 0.894. The van der Waals surface area contributed by atoms with Gasteiger partial charge in [0.25, 0.3) is 0 Å². The predicted octanol–water partition coefficient (Wildman–Crippen LogP) is 3.58. The molecule has 2 aromatic carbocycles. The number of hydroxylamine groups is 1. The van der Waals surface area contributed by atoms with E-state index >= 15 is 0 Å². The Morgan fingerprint density at radius 2 is 1.84 bits per heavy atom. The van der Waals surface area contributed by atoms with Gasteiger partial charge < -0.3 is 4.90 Å². The second-order valence-electron chi connectivity index (χ2n) is 7.25. The summed E-state index contributed by atoms with van der Waals surface area (Å²) in [7, 11) is 0. The van der Waals surface area contributed by atoms with Crippen molar-refractivity contribution in [1.29, 1.82) is 0 Å². The Morgan fingerprint density at radius 1 is 1.08 bits per heavy atom. The zero-order valence-corrected chi connectivity index (χ0v) is 14.9. The molecule has 0 aliphatic carbocycles. The smallest absolute Gasteiger partial charge is 0.0556 e. The van der Waals surface area contributed by atoms with Gasteiger partial charge in [0.05, 0.1) is 6.04 Å². The molecule has 0 spiro atoms. The van der Waals surface area contributed by atoms with E-state index < -0.39 is 0 Å². The van der Waals surface area contributed by atoms with Crippen LogP contribution in [-0.4, -0.2) is 41.0 Å². The summed E-state index contributed by atoms with van der Waals surface area (Å²) in [5.74, 6) is 0.568. The summed E-state index contributed by atoms with van der Waals surface area (Å²) in [6, 6.07) is 15.3. The third-order valence-corrected chi connectivity index (χ3v) is 5.72. The third-order valence-electron chi connectivity index (χ3n) is 5.72. The van der Waals surface area contributed by atoms with E-state index in [-0.39, 0.29) is 6.04 Å². The fourth-order valence-corrected chi connectivity index (χ4v) is 4.24. The van der Waals surface area contributed by atoms with Gasteiger partial charge in [0.15, 0.2) is 0 Å². The minimum absolute atomic E-state index is 0.185. The van der Waals surface area contributed by atoms with Gasteiger partial charge in [0.2, 0.25) is 0 Å². The minimum Gasteiger partial charge on any atom is -0.304 e. The van der Waals surface area contributed by atoms with Gasteiger partial charge in [-0.2, -0.15) is 5.17 Å². The van der Waals surface area contributed by atoms with E-state index in [1.54, 1.807) is 0 Å². The maximum atomic E-state index is 9.98. The molecular formula is C21H27N3O. The zero-order chi connectivity index (χ0) is 17.2. The highest BCUT2D eigenvalue weighted by Gasteiger charge is 2.31. The van der Waals surface area contributed by atoms with Gasteiger partial charge in [-0.1, -0.05) is 49.4 Å². The van der Waals surface area contributed by atoms with Crippen LogP contribution in [0.5, 0.6) is 0 Å². The van der Waals surface area contributed by atoms with Crippen molar-refractivity contribution in [3.8, 4) is 0 Å². The number of nitrogens with one attached hydrogen (secondary N) is 1. The highest BCUT2D eigenvalue weighted by Crippen LogP contribution is 2.31. The van der Waals surface area contributed by atoms with E-state index in [0.717, 1.165) is 31.2 Å². The van der Waals surface area contributed by atoms with Crippen LogP contribution in [0, 0.1) is 5.92 Å². The average molecular weight is 337 g/mol. The molecule has 25 heavy (non-hydrogen) atoms. The lowest BCUT2D eigenvalue weighted by atomic mass is 9.84. The molecular weight excluding hydrogens is 310 g/mol. The second kappa shape index (κ2) is 7.16. The minimum atomic E-state index is 0.185. The fourth-order valence-electron chi connectivity index (χ4n) is 4.24. The van der Waals surface area contributed by atoms with Gasteiger partial charge >= 0.3 is 0 Å². The van der Waals surface area contributed by atoms with Crippen LogP contribution >= 0.6 is 0 Å². The Hall–Kier alpha value is -1.88. The largest absolute Gasteiger partial charge is 0.304 e. The van der Waals surface area contributed by atoms with Gasteiger partial charge in [-0.25, -0.2) is 5.43 Å². The van der Waals surface area contributed by atoms with Crippen LogP contribution in [0.1, 0.15) is 25.3 Å². The fraction of sp³-hybridized carbons (Fsp3) is 0.429. The van der Waals surface area contributed by atoms with E-state index in [4.69, 9.17) is 0 Å². The Balaban J connectivity index is 1.49. The second-order valence-corrected chi connectivity index (χ2v) is 7.25. The average Bonchev–Trinajstić information content (AvgIpc) is 3.02. The molecule has 0 saturated carbocycles. The van der Waals surface area contributed by atoms with Gasteiger partial charge in [0.1, 0.15) is 0 Å². The Labute approximate surface area is 149 Å². The lowest BCUT2D eigenvalue weighted by Gasteiger charge is -2.33. The number of rotatable bonds is 4. The highest BCUT2D eigenvalue weighted by atomic mass is 16.5. The SMILES string of the molecule is CCN1CCC(C2=CN(O)NC2Cc2ccc3ccccc3c2)CC1. The molecule has 2 aliphatic rings. The van der Waals surface area contributed by atoms with Gasteiger partial charge in [-0.05, 0) is 66.7 Å². The Morgan fingerprint density at radius 3 is 2.60 bits per heavy atom. The molecule has 1 saturated heterocycles.